The smallest absolute Gasteiger partial charge is 0.184 e. The van der Waals surface area contributed by atoms with Crippen LogP contribution in [0.15, 0.2) is 18.2 Å². The third-order valence-corrected chi connectivity index (χ3v) is 2.13. The summed E-state index contributed by atoms with van der Waals surface area (Å²) in [4.78, 5) is 0. The van der Waals surface area contributed by atoms with Gasteiger partial charge in [0, 0.05) is 6.54 Å². The second kappa shape index (κ2) is 3.56. The Balaban J connectivity index is 2.33. The van der Waals surface area contributed by atoms with E-state index in [1.54, 1.807) is 6.07 Å². The Bertz CT molecular complexity index is 299. The molecule has 1 aliphatic rings. The first-order valence-corrected chi connectivity index (χ1v) is 4.56. The quantitative estimate of drug-likeness (QED) is 0.639. The van der Waals surface area contributed by atoms with Gasteiger partial charge < -0.3 is 15.2 Å². The summed E-state index contributed by atoms with van der Waals surface area (Å²) in [6.45, 7) is 1.63. The highest BCUT2D eigenvalue weighted by atomic mass is 16.5. The number of hydrogen-bond donors (Lipinski definition) is 2. The van der Waals surface area contributed by atoms with Gasteiger partial charge in [0.25, 0.3) is 0 Å². The Hall–Kier alpha value is -1.38. The van der Waals surface area contributed by atoms with Crippen molar-refractivity contribution in [2.24, 2.45) is 0 Å². The van der Waals surface area contributed by atoms with Gasteiger partial charge in [0.15, 0.2) is 11.5 Å². The predicted octanol–water partition coefficient (Wildman–Crippen LogP) is 1.98. The predicted molar refractivity (Wildman–Crippen MR) is 51.3 cm³/mol. The van der Waals surface area contributed by atoms with Crippen molar-refractivity contribution in [1.29, 1.82) is 0 Å². The molecular weight excluding hydrogens is 166 g/mol. The largest absolute Gasteiger partial charge is 0.504 e. The monoisotopic (exact) mass is 179 g/mol. The molecule has 0 fully saturated rings. The number of ether oxygens (including phenoxy) is 1. The van der Waals surface area contributed by atoms with Gasteiger partial charge >= 0.3 is 0 Å². The molecule has 0 atom stereocenters. The van der Waals surface area contributed by atoms with Gasteiger partial charge in [0.05, 0.1) is 12.3 Å². The van der Waals surface area contributed by atoms with E-state index < -0.39 is 0 Å². The number of hydrogen-bond acceptors (Lipinski definition) is 3. The Labute approximate surface area is 77.3 Å². The van der Waals surface area contributed by atoms with E-state index in [0.717, 1.165) is 25.1 Å². The van der Waals surface area contributed by atoms with E-state index in [2.05, 4.69) is 5.32 Å². The third-order valence-electron chi connectivity index (χ3n) is 2.13. The van der Waals surface area contributed by atoms with Crippen molar-refractivity contribution in [3.05, 3.63) is 18.2 Å². The van der Waals surface area contributed by atoms with Crippen molar-refractivity contribution in [2.75, 3.05) is 18.5 Å². The van der Waals surface area contributed by atoms with Crippen LogP contribution in [0.25, 0.3) is 0 Å². The molecule has 0 aromatic heterocycles. The van der Waals surface area contributed by atoms with Crippen LogP contribution in [-0.4, -0.2) is 18.3 Å². The molecular formula is C10H13NO2. The van der Waals surface area contributed by atoms with Crippen LogP contribution in [0.2, 0.25) is 0 Å². The summed E-state index contributed by atoms with van der Waals surface area (Å²) in [6, 6.07) is 5.37. The zero-order chi connectivity index (χ0) is 9.10. The Morgan fingerprint density at radius 2 is 2.23 bits per heavy atom. The lowest BCUT2D eigenvalue weighted by atomic mass is 10.2. The Morgan fingerprint density at radius 3 is 3.15 bits per heavy atom. The molecule has 70 valence electrons. The molecule has 3 nitrogen and oxygen atoms in total. The number of nitrogens with one attached hydrogen (secondary N) is 1. The molecule has 0 saturated heterocycles. The number of anilines is 1. The minimum Gasteiger partial charge on any atom is -0.504 e. The molecule has 1 aliphatic heterocycles. The van der Waals surface area contributed by atoms with E-state index >= 15 is 0 Å². The lowest BCUT2D eigenvalue weighted by Crippen LogP contribution is -2.10. The SMILES string of the molecule is Oc1cccc2c1OCCCCN2. The van der Waals surface area contributed by atoms with Crippen LogP contribution in [0.1, 0.15) is 12.8 Å². The number of rotatable bonds is 0. The average Bonchev–Trinajstić information content (AvgIpc) is 2.07. The van der Waals surface area contributed by atoms with Gasteiger partial charge in [-0.1, -0.05) is 6.07 Å². The van der Waals surface area contributed by atoms with Gasteiger partial charge in [-0.05, 0) is 25.0 Å². The molecule has 13 heavy (non-hydrogen) atoms. The molecule has 2 N–H and O–H groups in total. The van der Waals surface area contributed by atoms with Crippen molar-refractivity contribution >= 4 is 5.69 Å². The molecule has 0 spiro atoms. The second-order valence-electron chi connectivity index (χ2n) is 3.14. The molecule has 0 amide bonds. The van der Waals surface area contributed by atoms with E-state index in [-0.39, 0.29) is 5.75 Å². The van der Waals surface area contributed by atoms with Crippen LogP contribution in [0, 0.1) is 0 Å². The fraction of sp³-hybridized carbons (Fsp3) is 0.400. The first-order chi connectivity index (χ1) is 6.38. The van der Waals surface area contributed by atoms with Crippen LogP contribution in [-0.2, 0) is 0 Å². The molecule has 0 bridgehead atoms. The van der Waals surface area contributed by atoms with Gasteiger partial charge in [-0.2, -0.15) is 0 Å². The highest BCUT2D eigenvalue weighted by molar-refractivity contribution is 5.62. The van der Waals surface area contributed by atoms with Crippen LogP contribution in [0.5, 0.6) is 11.5 Å². The standard InChI is InChI=1S/C10H13NO2/c12-9-5-3-4-8-10(9)13-7-2-1-6-11-8/h3-5,11-12H,1-2,6-7H2. The van der Waals surface area contributed by atoms with Gasteiger partial charge in [0.2, 0.25) is 0 Å². The summed E-state index contributed by atoms with van der Waals surface area (Å²) in [5.74, 6) is 0.800. The molecule has 1 aromatic rings. The van der Waals surface area contributed by atoms with Gasteiger partial charge in [-0.3, -0.25) is 0 Å². The average molecular weight is 179 g/mol. The van der Waals surface area contributed by atoms with Gasteiger partial charge in [-0.25, -0.2) is 0 Å². The van der Waals surface area contributed by atoms with Crippen molar-refractivity contribution < 1.29 is 9.84 Å². The van der Waals surface area contributed by atoms with E-state index in [9.17, 15) is 5.11 Å². The van der Waals surface area contributed by atoms with Crippen molar-refractivity contribution in [2.45, 2.75) is 12.8 Å². The Kier molecular flexibility index (Phi) is 2.25. The lowest BCUT2D eigenvalue weighted by molar-refractivity contribution is 0.290. The maximum atomic E-state index is 9.51. The minimum atomic E-state index is 0.215. The third kappa shape index (κ3) is 1.69. The molecule has 0 unspecified atom stereocenters. The first kappa shape index (κ1) is 8.23. The molecule has 1 aromatic carbocycles. The van der Waals surface area contributed by atoms with E-state index in [0.29, 0.717) is 12.4 Å². The summed E-state index contributed by atoms with van der Waals surface area (Å²) < 4.78 is 5.45. The normalized spacial score (nSPS) is 16.0. The fourth-order valence-electron chi connectivity index (χ4n) is 1.44. The summed E-state index contributed by atoms with van der Waals surface area (Å²) in [7, 11) is 0. The Morgan fingerprint density at radius 1 is 1.31 bits per heavy atom. The maximum Gasteiger partial charge on any atom is 0.184 e. The van der Waals surface area contributed by atoms with E-state index in [4.69, 9.17) is 4.74 Å². The number of aromatic hydroxyl groups is 1. The minimum absolute atomic E-state index is 0.215. The van der Waals surface area contributed by atoms with Gasteiger partial charge in [-0.15, -0.1) is 0 Å². The zero-order valence-electron chi connectivity index (χ0n) is 7.42. The highest BCUT2D eigenvalue weighted by Crippen LogP contribution is 2.34. The van der Waals surface area contributed by atoms with E-state index in [1.807, 2.05) is 12.1 Å². The van der Waals surface area contributed by atoms with Crippen molar-refractivity contribution in [1.82, 2.24) is 0 Å². The summed E-state index contributed by atoms with van der Waals surface area (Å²) >= 11 is 0. The molecule has 0 saturated carbocycles. The molecule has 1 heterocycles. The van der Waals surface area contributed by atoms with Crippen molar-refractivity contribution in [3.63, 3.8) is 0 Å². The number of fused-ring (bicyclic) bond motifs is 1. The summed E-state index contributed by atoms with van der Waals surface area (Å²) in [5, 5.41) is 12.7. The number of para-hydroxylation sites is 1. The number of phenolic OH excluding ortho intramolecular Hbond substituents is 1. The van der Waals surface area contributed by atoms with Crippen LogP contribution in [0.4, 0.5) is 5.69 Å². The molecule has 3 heteroatoms. The van der Waals surface area contributed by atoms with Crippen LogP contribution < -0.4 is 10.1 Å². The molecule has 2 rings (SSSR count). The first-order valence-electron chi connectivity index (χ1n) is 4.56. The van der Waals surface area contributed by atoms with Crippen molar-refractivity contribution in [3.8, 4) is 11.5 Å². The lowest BCUT2D eigenvalue weighted by Gasteiger charge is -2.17. The highest BCUT2D eigenvalue weighted by Gasteiger charge is 2.10. The second-order valence-corrected chi connectivity index (χ2v) is 3.14. The number of phenols is 1. The van der Waals surface area contributed by atoms with Crippen LogP contribution in [0.3, 0.4) is 0 Å². The molecule has 0 radical (unpaired) electrons. The van der Waals surface area contributed by atoms with Gasteiger partial charge in [0.1, 0.15) is 0 Å². The zero-order valence-corrected chi connectivity index (χ0v) is 7.42. The number of benzene rings is 1. The van der Waals surface area contributed by atoms with Crippen LogP contribution >= 0.6 is 0 Å². The summed E-state index contributed by atoms with van der Waals surface area (Å²) in [5.41, 5.74) is 0.889. The topological polar surface area (TPSA) is 41.5 Å². The fourth-order valence-corrected chi connectivity index (χ4v) is 1.44. The molecule has 0 aliphatic carbocycles. The summed E-state index contributed by atoms with van der Waals surface area (Å²) in [6.07, 6.45) is 2.13. The van der Waals surface area contributed by atoms with E-state index in [1.165, 1.54) is 0 Å². The maximum absolute atomic E-state index is 9.51.